The summed E-state index contributed by atoms with van der Waals surface area (Å²) in [6, 6.07) is 14.1. The van der Waals surface area contributed by atoms with Crippen molar-refractivity contribution in [1.29, 1.82) is 0 Å². The Morgan fingerprint density at radius 2 is 1.90 bits per heavy atom. The van der Waals surface area contributed by atoms with Crippen LogP contribution in [0.15, 0.2) is 47.5 Å². The van der Waals surface area contributed by atoms with Crippen LogP contribution in [0.1, 0.15) is 30.9 Å². The second-order valence-electron chi connectivity index (χ2n) is 7.14. The van der Waals surface area contributed by atoms with E-state index >= 15 is 0 Å². The zero-order valence-electron chi connectivity index (χ0n) is 16.6. The van der Waals surface area contributed by atoms with Gasteiger partial charge < -0.3 is 25.3 Å². The molecule has 0 bridgehead atoms. The fourth-order valence-corrected chi connectivity index (χ4v) is 3.79. The number of ether oxygens (including phenoxy) is 3. The van der Waals surface area contributed by atoms with E-state index in [0.29, 0.717) is 32.3 Å². The molecular formula is C22H28IN3O3. The van der Waals surface area contributed by atoms with Crippen molar-refractivity contribution in [3.05, 3.63) is 53.6 Å². The highest BCUT2D eigenvalue weighted by atomic mass is 127. The lowest BCUT2D eigenvalue weighted by molar-refractivity contribution is -0.0558. The first kappa shape index (κ1) is 21.7. The zero-order valence-corrected chi connectivity index (χ0v) is 19.0. The van der Waals surface area contributed by atoms with Crippen LogP contribution >= 0.6 is 24.0 Å². The molecule has 0 saturated heterocycles. The lowest BCUT2D eigenvalue weighted by Gasteiger charge is -2.37. The normalized spacial score (nSPS) is 20.8. The van der Waals surface area contributed by atoms with Crippen LogP contribution in [0.25, 0.3) is 0 Å². The van der Waals surface area contributed by atoms with E-state index in [9.17, 15) is 0 Å². The van der Waals surface area contributed by atoms with Crippen molar-refractivity contribution in [2.45, 2.75) is 31.8 Å². The lowest BCUT2D eigenvalue weighted by atomic mass is 9.84. The maximum absolute atomic E-state index is 6.20. The molecular weight excluding hydrogens is 481 g/mol. The van der Waals surface area contributed by atoms with Crippen molar-refractivity contribution in [1.82, 2.24) is 0 Å². The number of halogens is 1. The van der Waals surface area contributed by atoms with E-state index in [1.54, 1.807) is 0 Å². The summed E-state index contributed by atoms with van der Waals surface area (Å²) in [5.74, 6) is 1.84. The maximum Gasteiger partial charge on any atom is 0.193 e. The molecule has 0 saturated carbocycles. The number of hydrogen-bond donors (Lipinski definition) is 2. The van der Waals surface area contributed by atoms with Crippen LogP contribution in [0, 0.1) is 0 Å². The summed E-state index contributed by atoms with van der Waals surface area (Å²) in [6.45, 7) is 4.63. The molecule has 0 aromatic heterocycles. The third-order valence-corrected chi connectivity index (χ3v) is 5.35. The van der Waals surface area contributed by atoms with Gasteiger partial charge in [0, 0.05) is 18.2 Å². The maximum atomic E-state index is 6.20. The Balaban J connectivity index is 0.00000240. The van der Waals surface area contributed by atoms with Gasteiger partial charge in [-0.3, -0.25) is 0 Å². The molecule has 0 spiro atoms. The van der Waals surface area contributed by atoms with Gasteiger partial charge in [-0.25, -0.2) is 4.99 Å². The molecule has 0 fully saturated rings. The highest BCUT2D eigenvalue weighted by Crippen LogP contribution is 2.36. The van der Waals surface area contributed by atoms with Gasteiger partial charge in [-0.2, -0.15) is 0 Å². The van der Waals surface area contributed by atoms with Crippen LogP contribution in [0.2, 0.25) is 0 Å². The fourth-order valence-electron chi connectivity index (χ4n) is 3.79. The third-order valence-electron chi connectivity index (χ3n) is 5.35. The Morgan fingerprint density at radius 3 is 2.72 bits per heavy atom. The second-order valence-corrected chi connectivity index (χ2v) is 7.14. The molecule has 2 aromatic carbocycles. The van der Waals surface area contributed by atoms with Crippen molar-refractivity contribution < 1.29 is 14.2 Å². The molecule has 2 aliphatic heterocycles. The number of rotatable bonds is 4. The molecule has 2 aromatic rings. The highest BCUT2D eigenvalue weighted by Gasteiger charge is 2.36. The quantitative estimate of drug-likeness (QED) is 0.369. The van der Waals surface area contributed by atoms with E-state index in [2.05, 4.69) is 41.5 Å². The predicted molar refractivity (Wildman–Crippen MR) is 126 cm³/mol. The van der Waals surface area contributed by atoms with Crippen LogP contribution in [-0.4, -0.2) is 32.3 Å². The lowest BCUT2D eigenvalue weighted by Crippen LogP contribution is -2.39. The second kappa shape index (κ2) is 9.67. The van der Waals surface area contributed by atoms with E-state index in [4.69, 9.17) is 19.9 Å². The van der Waals surface area contributed by atoms with Crippen LogP contribution < -0.4 is 20.5 Å². The van der Waals surface area contributed by atoms with Gasteiger partial charge in [0.15, 0.2) is 17.5 Å². The summed E-state index contributed by atoms with van der Waals surface area (Å²) < 4.78 is 17.6. The number of nitrogens with zero attached hydrogens (tertiary/aromatic N) is 1. The molecule has 0 radical (unpaired) electrons. The molecule has 29 heavy (non-hydrogen) atoms. The molecule has 1 unspecified atom stereocenters. The minimum atomic E-state index is -0.425. The van der Waals surface area contributed by atoms with Gasteiger partial charge in [-0.05, 0) is 36.1 Å². The number of nitrogens with one attached hydrogen (secondary N) is 1. The standard InChI is InChI=1S/C22H27N3O3.HI/c1-2-22(18-7-4-3-6-16(18)10-13-28-22)15-24-21(23)25-17-8-9-19-20(14-17)27-12-5-11-26-19;/h3-4,6-9,14H,2,5,10-13,15H2,1H3,(H3,23,24,25);1H. The van der Waals surface area contributed by atoms with E-state index in [1.165, 1.54) is 11.1 Å². The molecule has 156 valence electrons. The Hall–Kier alpha value is -2.00. The van der Waals surface area contributed by atoms with Crippen molar-refractivity contribution >= 4 is 35.6 Å². The molecule has 2 aliphatic rings. The Morgan fingerprint density at radius 1 is 1.10 bits per heavy atom. The smallest absolute Gasteiger partial charge is 0.193 e. The Labute approximate surface area is 188 Å². The number of anilines is 1. The minimum Gasteiger partial charge on any atom is -0.490 e. The SMILES string of the molecule is CCC1(CN=C(N)Nc2ccc3c(c2)OCCCO3)OCCc2ccccc21.I. The summed E-state index contributed by atoms with van der Waals surface area (Å²) >= 11 is 0. The van der Waals surface area contributed by atoms with E-state index in [1.807, 2.05) is 18.2 Å². The average molecular weight is 509 g/mol. The van der Waals surface area contributed by atoms with Crippen molar-refractivity contribution in [3.8, 4) is 11.5 Å². The highest BCUT2D eigenvalue weighted by molar-refractivity contribution is 14.0. The Kier molecular flexibility index (Phi) is 7.23. The third kappa shape index (κ3) is 4.78. The van der Waals surface area contributed by atoms with Gasteiger partial charge in [-0.1, -0.05) is 31.2 Å². The minimum absolute atomic E-state index is 0. The topological polar surface area (TPSA) is 78.1 Å². The van der Waals surface area contributed by atoms with Gasteiger partial charge >= 0.3 is 0 Å². The average Bonchev–Trinajstić information content (AvgIpc) is 2.97. The van der Waals surface area contributed by atoms with Crippen molar-refractivity contribution in [2.75, 3.05) is 31.7 Å². The van der Waals surface area contributed by atoms with E-state index < -0.39 is 5.60 Å². The van der Waals surface area contributed by atoms with Gasteiger partial charge in [-0.15, -0.1) is 24.0 Å². The number of aliphatic imine (C=N–C) groups is 1. The zero-order chi connectivity index (χ0) is 19.4. The predicted octanol–water partition coefficient (Wildman–Crippen LogP) is 4.07. The first-order chi connectivity index (χ1) is 13.7. The first-order valence-corrected chi connectivity index (χ1v) is 9.89. The van der Waals surface area contributed by atoms with Gasteiger partial charge in [0.05, 0.1) is 26.4 Å². The van der Waals surface area contributed by atoms with Crippen molar-refractivity contribution in [2.24, 2.45) is 10.7 Å². The molecule has 0 aliphatic carbocycles. The molecule has 0 amide bonds. The number of guanidine groups is 1. The summed E-state index contributed by atoms with van der Waals surface area (Å²) in [6.07, 6.45) is 2.65. The van der Waals surface area contributed by atoms with Gasteiger partial charge in [0.1, 0.15) is 5.60 Å². The van der Waals surface area contributed by atoms with Crippen LogP contribution in [-0.2, 0) is 16.8 Å². The fraction of sp³-hybridized carbons (Fsp3) is 0.409. The van der Waals surface area contributed by atoms with Crippen molar-refractivity contribution in [3.63, 3.8) is 0 Å². The molecule has 4 rings (SSSR count). The largest absolute Gasteiger partial charge is 0.490 e. The summed E-state index contributed by atoms with van der Waals surface area (Å²) in [5.41, 5.74) is 9.12. The summed E-state index contributed by atoms with van der Waals surface area (Å²) in [5, 5.41) is 3.15. The summed E-state index contributed by atoms with van der Waals surface area (Å²) in [7, 11) is 0. The van der Waals surface area contributed by atoms with Crippen LogP contribution in [0.4, 0.5) is 5.69 Å². The number of hydrogen-bond acceptors (Lipinski definition) is 4. The van der Waals surface area contributed by atoms with Gasteiger partial charge in [0.2, 0.25) is 0 Å². The van der Waals surface area contributed by atoms with E-state index in [-0.39, 0.29) is 24.0 Å². The van der Waals surface area contributed by atoms with Gasteiger partial charge in [0.25, 0.3) is 0 Å². The molecule has 1 atom stereocenters. The van der Waals surface area contributed by atoms with Crippen LogP contribution in [0.3, 0.4) is 0 Å². The molecule has 7 heteroatoms. The Bertz CT molecular complexity index is 874. The monoisotopic (exact) mass is 509 g/mol. The number of benzene rings is 2. The summed E-state index contributed by atoms with van der Waals surface area (Å²) in [4.78, 5) is 4.60. The molecule has 2 heterocycles. The first-order valence-electron chi connectivity index (χ1n) is 9.89. The van der Waals surface area contributed by atoms with E-state index in [0.717, 1.165) is 36.4 Å². The van der Waals surface area contributed by atoms with Crippen LogP contribution in [0.5, 0.6) is 11.5 Å². The molecule has 6 nitrogen and oxygen atoms in total. The number of fused-ring (bicyclic) bond motifs is 2. The molecule has 3 N–H and O–H groups in total. The number of nitrogens with two attached hydrogens (primary N) is 1.